The van der Waals surface area contributed by atoms with Crippen LogP contribution in [0.2, 0.25) is 0 Å². The van der Waals surface area contributed by atoms with E-state index in [0.717, 1.165) is 27.9 Å². The first kappa shape index (κ1) is 17.5. The molecule has 0 fully saturated rings. The molecule has 0 radical (unpaired) electrons. The van der Waals surface area contributed by atoms with E-state index in [4.69, 9.17) is 8.83 Å². The Kier molecular flexibility index (Phi) is 4.57. The molecule has 0 bridgehead atoms. The smallest absolute Gasteiger partial charge is 0.247 e. The Balaban J connectivity index is 1.53. The fraction of sp³-hybridized carbons (Fsp3) is 0.263. The van der Waals surface area contributed by atoms with E-state index >= 15 is 0 Å². The number of hydrogen-bond acceptors (Lipinski definition) is 7. The summed E-state index contributed by atoms with van der Waals surface area (Å²) in [5, 5.41) is 17.7. The Hall–Kier alpha value is -2.87. The summed E-state index contributed by atoms with van der Waals surface area (Å²) in [4.78, 5) is 0. The molecule has 7 nitrogen and oxygen atoms in total. The number of thioether (sulfide) groups is 1. The zero-order chi connectivity index (χ0) is 19.0. The Labute approximate surface area is 160 Å². The highest BCUT2D eigenvalue weighted by atomic mass is 32.2. The molecule has 4 rings (SSSR count). The standard InChI is InChI=1S/C19H19N5O2S/c1-11-5-7-14(8-6-11)18-22-21-17(26-18)13(3)27-19-23-20-16(24(19)4)15-9-10-25-12(15)2/h5-10,13H,1-4H3/t13-/m0/s1. The second-order valence-electron chi connectivity index (χ2n) is 6.33. The topological polar surface area (TPSA) is 82.8 Å². The van der Waals surface area contributed by atoms with Crippen molar-refractivity contribution in [3.05, 3.63) is 53.8 Å². The van der Waals surface area contributed by atoms with Crippen LogP contribution in [-0.2, 0) is 7.05 Å². The van der Waals surface area contributed by atoms with Gasteiger partial charge in [-0.1, -0.05) is 29.5 Å². The van der Waals surface area contributed by atoms with Crippen molar-refractivity contribution in [1.29, 1.82) is 0 Å². The maximum Gasteiger partial charge on any atom is 0.247 e. The van der Waals surface area contributed by atoms with Gasteiger partial charge < -0.3 is 13.4 Å². The first-order valence-electron chi connectivity index (χ1n) is 8.54. The molecule has 0 saturated carbocycles. The molecule has 3 aromatic heterocycles. The maximum atomic E-state index is 5.87. The molecular formula is C19H19N5O2S. The number of benzene rings is 1. The van der Waals surface area contributed by atoms with Crippen LogP contribution in [0.15, 0.2) is 50.6 Å². The van der Waals surface area contributed by atoms with Gasteiger partial charge >= 0.3 is 0 Å². The van der Waals surface area contributed by atoms with Crippen LogP contribution in [0.4, 0.5) is 0 Å². The van der Waals surface area contributed by atoms with Crippen molar-refractivity contribution in [2.24, 2.45) is 7.05 Å². The highest BCUT2D eigenvalue weighted by Gasteiger charge is 2.21. The first-order valence-corrected chi connectivity index (χ1v) is 9.42. The molecule has 0 saturated heterocycles. The Morgan fingerprint density at radius 1 is 1.00 bits per heavy atom. The monoisotopic (exact) mass is 381 g/mol. The van der Waals surface area contributed by atoms with Crippen molar-refractivity contribution >= 4 is 11.8 Å². The van der Waals surface area contributed by atoms with Gasteiger partial charge in [0, 0.05) is 12.6 Å². The number of furan rings is 1. The van der Waals surface area contributed by atoms with E-state index in [1.54, 1.807) is 6.26 Å². The van der Waals surface area contributed by atoms with Gasteiger partial charge in [0.25, 0.3) is 0 Å². The van der Waals surface area contributed by atoms with Crippen LogP contribution in [0.1, 0.15) is 29.4 Å². The van der Waals surface area contributed by atoms with Crippen LogP contribution < -0.4 is 0 Å². The van der Waals surface area contributed by atoms with Crippen LogP contribution in [0.5, 0.6) is 0 Å². The average molecular weight is 381 g/mol. The van der Waals surface area contributed by atoms with Gasteiger partial charge in [-0.05, 0) is 39.0 Å². The van der Waals surface area contributed by atoms with E-state index < -0.39 is 0 Å². The van der Waals surface area contributed by atoms with E-state index in [2.05, 4.69) is 20.4 Å². The third kappa shape index (κ3) is 3.40. The fourth-order valence-electron chi connectivity index (χ4n) is 2.69. The predicted molar refractivity (Wildman–Crippen MR) is 102 cm³/mol. The lowest BCUT2D eigenvalue weighted by molar-refractivity contribution is 0.508. The van der Waals surface area contributed by atoms with Crippen molar-refractivity contribution in [2.75, 3.05) is 0 Å². The van der Waals surface area contributed by atoms with Gasteiger partial charge in [-0.2, -0.15) is 0 Å². The van der Waals surface area contributed by atoms with Gasteiger partial charge in [0.05, 0.1) is 17.1 Å². The normalized spacial score (nSPS) is 12.4. The molecule has 27 heavy (non-hydrogen) atoms. The van der Waals surface area contributed by atoms with Gasteiger partial charge in [-0.15, -0.1) is 20.4 Å². The summed E-state index contributed by atoms with van der Waals surface area (Å²) in [5.41, 5.74) is 3.03. The maximum absolute atomic E-state index is 5.87. The number of nitrogens with zero attached hydrogens (tertiary/aromatic N) is 5. The summed E-state index contributed by atoms with van der Waals surface area (Å²) >= 11 is 1.52. The van der Waals surface area contributed by atoms with Crippen molar-refractivity contribution < 1.29 is 8.83 Å². The van der Waals surface area contributed by atoms with Crippen LogP contribution in [-0.4, -0.2) is 25.0 Å². The van der Waals surface area contributed by atoms with E-state index in [9.17, 15) is 0 Å². The fourth-order valence-corrected chi connectivity index (χ4v) is 3.53. The number of aromatic nitrogens is 5. The molecule has 1 atom stereocenters. The molecule has 138 valence electrons. The lowest BCUT2D eigenvalue weighted by Crippen LogP contribution is -1.97. The van der Waals surface area contributed by atoms with Crippen LogP contribution in [0, 0.1) is 13.8 Å². The summed E-state index contributed by atoms with van der Waals surface area (Å²) in [6.45, 7) is 5.96. The Bertz CT molecular complexity index is 1060. The second kappa shape index (κ2) is 7.03. The molecule has 0 spiro atoms. The van der Waals surface area contributed by atoms with Crippen LogP contribution >= 0.6 is 11.8 Å². The SMILES string of the molecule is Cc1ccc(-c2nnc([C@H](C)Sc3nnc(-c4ccoc4C)n3C)o2)cc1. The first-order chi connectivity index (χ1) is 13.0. The van der Waals surface area contributed by atoms with E-state index in [-0.39, 0.29) is 5.25 Å². The number of aryl methyl sites for hydroxylation is 2. The summed E-state index contributed by atoms with van der Waals surface area (Å²) in [6, 6.07) is 9.90. The van der Waals surface area contributed by atoms with Gasteiger partial charge in [-0.3, -0.25) is 0 Å². The molecule has 3 heterocycles. The third-order valence-electron chi connectivity index (χ3n) is 4.30. The molecule has 0 aliphatic heterocycles. The number of rotatable bonds is 5. The van der Waals surface area contributed by atoms with Gasteiger partial charge in [-0.25, -0.2) is 0 Å². The Morgan fingerprint density at radius 3 is 2.48 bits per heavy atom. The summed E-state index contributed by atoms with van der Waals surface area (Å²) in [5.74, 6) is 2.65. The molecular weight excluding hydrogens is 362 g/mol. The quantitative estimate of drug-likeness (QED) is 0.467. The Morgan fingerprint density at radius 2 is 1.78 bits per heavy atom. The second-order valence-corrected chi connectivity index (χ2v) is 7.64. The molecule has 0 unspecified atom stereocenters. The lowest BCUT2D eigenvalue weighted by atomic mass is 10.1. The summed E-state index contributed by atoms with van der Waals surface area (Å²) < 4.78 is 13.2. The molecule has 0 N–H and O–H groups in total. The third-order valence-corrected chi connectivity index (χ3v) is 5.43. The summed E-state index contributed by atoms with van der Waals surface area (Å²) in [6.07, 6.45) is 1.65. The average Bonchev–Trinajstić information content (AvgIpc) is 3.37. The highest BCUT2D eigenvalue weighted by Crippen LogP contribution is 2.35. The van der Waals surface area contributed by atoms with Crippen LogP contribution in [0.25, 0.3) is 22.8 Å². The largest absolute Gasteiger partial charge is 0.469 e. The van der Waals surface area contributed by atoms with Crippen LogP contribution in [0.3, 0.4) is 0 Å². The zero-order valence-corrected chi connectivity index (χ0v) is 16.3. The van der Waals surface area contributed by atoms with Gasteiger partial charge in [0.15, 0.2) is 11.0 Å². The number of hydrogen-bond donors (Lipinski definition) is 0. The summed E-state index contributed by atoms with van der Waals surface area (Å²) in [7, 11) is 1.93. The van der Waals surface area contributed by atoms with E-state index in [1.807, 2.05) is 62.7 Å². The van der Waals surface area contributed by atoms with Crippen molar-refractivity contribution in [3.63, 3.8) is 0 Å². The van der Waals surface area contributed by atoms with Crippen molar-refractivity contribution in [2.45, 2.75) is 31.2 Å². The van der Waals surface area contributed by atoms with E-state index in [0.29, 0.717) is 11.8 Å². The van der Waals surface area contributed by atoms with Crippen molar-refractivity contribution in [3.8, 4) is 22.8 Å². The molecule has 0 amide bonds. The highest BCUT2D eigenvalue weighted by molar-refractivity contribution is 7.99. The lowest BCUT2D eigenvalue weighted by Gasteiger charge is -2.06. The minimum Gasteiger partial charge on any atom is -0.469 e. The molecule has 0 aliphatic rings. The predicted octanol–water partition coefficient (Wildman–Crippen LogP) is 4.60. The molecule has 8 heteroatoms. The molecule has 1 aromatic carbocycles. The van der Waals surface area contributed by atoms with Crippen molar-refractivity contribution in [1.82, 2.24) is 25.0 Å². The van der Waals surface area contributed by atoms with Gasteiger partial charge in [0.1, 0.15) is 5.76 Å². The van der Waals surface area contributed by atoms with E-state index in [1.165, 1.54) is 17.3 Å². The minimum atomic E-state index is -0.0575. The molecule has 0 aliphatic carbocycles. The molecule has 4 aromatic rings. The van der Waals surface area contributed by atoms with Gasteiger partial charge in [0.2, 0.25) is 11.8 Å². The minimum absolute atomic E-state index is 0.0575. The zero-order valence-electron chi connectivity index (χ0n) is 15.5.